The third-order valence-electron chi connectivity index (χ3n) is 7.51. The average Bonchev–Trinajstić information content (AvgIpc) is 3.69. The van der Waals surface area contributed by atoms with Crippen LogP contribution in [0.4, 0.5) is 0 Å². The van der Waals surface area contributed by atoms with Crippen molar-refractivity contribution in [3.63, 3.8) is 0 Å². The van der Waals surface area contributed by atoms with Gasteiger partial charge < -0.3 is 48.4 Å². The van der Waals surface area contributed by atoms with E-state index in [4.69, 9.17) is 28.2 Å². The lowest BCUT2D eigenvalue weighted by atomic mass is 9.89. The van der Waals surface area contributed by atoms with Gasteiger partial charge in [-0.25, -0.2) is 14.6 Å². The number of fused-ring (bicyclic) bond motifs is 1. The number of nitrogens with zero attached hydrogens (tertiary/aromatic N) is 2. The molecule has 5 rings (SSSR count). The molecule has 1 aromatic carbocycles. The number of hydrogen-bond acceptors (Lipinski definition) is 13. The fourth-order valence-corrected chi connectivity index (χ4v) is 5.89. The molecule has 0 unspecified atom stereocenters. The highest BCUT2D eigenvalue weighted by Gasteiger charge is 2.53. The van der Waals surface area contributed by atoms with Crippen LogP contribution in [0.1, 0.15) is 48.1 Å². The fourth-order valence-electron chi connectivity index (χ4n) is 5.25. The molecule has 1 saturated heterocycles. The van der Waals surface area contributed by atoms with Gasteiger partial charge in [-0.05, 0) is 58.9 Å². The highest BCUT2D eigenvalue weighted by molar-refractivity contribution is 7.99. The van der Waals surface area contributed by atoms with E-state index in [1.165, 1.54) is 31.9 Å². The number of nitrogens with one attached hydrogen (secondary N) is 2. The number of esters is 1. The summed E-state index contributed by atoms with van der Waals surface area (Å²) in [4.78, 5) is 41.2. The Balaban J connectivity index is 1.35. The maximum Gasteiger partial charge on any atom is 0.355 e. The summed E-state index contributed by atoms with van der Waals surface area (Å²) >= 11 is 1.44. The second kappa shape index (κ2) is 13.6. The second-order valence-electron chi connectivity index (χ2n) is 11.2. The van der Waals surface area contributed by atoms with E-state index >= 15 is 0 Å². The molecule has 1 aliphatic rings. The number of rotatable bonds is 11. The smallest absolute Gasteiger partial charge is 0.355 e. The number of hydrogen-bond donors (Lipinski definition) is 4. The first-order valence-electron chi connectivity index (χ1n) is 14.4. The first kappa shape index (κ1) is 33.1. The molecule has 4 heterocycles. The van der Waals surface area contributed by atoms with E-state index in [9.17, 15) is 19.8 Å². The normalized spacial score (nSPS) is 21.3. The zero-order valence-electron chi connectivity index (χ0n) is 26.2. The molecule has 1 fully saturated rings. The number of H-pyrrole nitrogens is 2. The lowest BCUT2D eigenvalue weighted by Gasteiger charge is -2.47. The van der Waals surface area contributed by atoms with Crippen molar-refractivity contribution in [2.24, 2.45) is 5.16 Å². The van der Waals surface area contributed by atoms with E-state index < -0.39 is 41.8 Å². The van der Waals surface area contributed by atoms with Crippen molar-refractivity contribution < 1.29 is 43.2 Å². The maximum absolute atomic E-state index is 13.0. The zero-order chi connectivity index (χ0) is 33.2. The summed E-state index contributed by atoms with van der Waals surface area (Å²) < 4.78 is 29.1. The van der Waals surface area contributed by atoms with Gasteiger partial charge in [-0.15, -0.1) is 0 Å². The maximum atomic E-state index is 13.0. The van der Waals surface area contributed by atoms with Gasteiger partial charge in [0.15, 0.2) is 17.4 Å². The Hall–Kier alpha value is -4.31. The van der Waals surface area contributed by atoms with Gasteiger partial charge in [0, 0.05) is 36.5 Å². The molecule has 14 nitrogen and oxygen atoms in total. The number of aliphatic hydroxyl groups is 1. The summed E-state index contributed by atoms with van der Waals surface area (Å²) in [5.41, 5.74) is -0.477. The van der Waals surface area contributed by atoms with Crippen molar-refractivity contribution in [2.75, 3.05) is 19.5 Å². The molecular weight excluding hydrogens is 620 g/mol. The molecule has 0 bridgehead atoms. The first-order valence-corrected chi connectivity index (χ1v) is 15.4. The van der Waals surface area contributed by atoms with Crippen LogP contribution in [0.5, 0.6) is 11.5 Å². The lowest BCUT2D eigenvalue weighted by molar-refractivity contribution is -0.305. The fraction of sp³-hybridized carbons (Fsp3) is 0.419. The van der Waals surface area contributed by atoms with Crippen molar-refractivity contribution in [1.29, 1.82) is 0 Å². The summed E-state index contributed by atoms with van der Waals surface area (Å²) in [5, 5.41) is 27.3. The van der Waals surface area contributed by atoms with Crippen LogP contribution in [0.25, 0.3) is 11.0 Å². The quantitative estimate of drug-likeness (QED) is 0.0457. The highest BCUT2D eigenvalue weighted by Crippen LogP contribution is 2.38. The van der Waals surface area contributed by atoms with Crippen molar-refractivity contribution in [3.8, 4) is 11.5 Å². The number of aromatic amines is 2. The van der Waals surface area contributed by atoms with Crippen LogP contribution in [0.2, 0.25) is 0 Å². The lowest BCUT2D eigenvalue weighted by Crippen LogP contribution is -2.65. The molecule has 4 aromatic rings. The van der Waals surface area contributed by atoms with Crippen molar-refractivity contribution in [1.82, 2.24) is 15.0 Å². The van der Waals surface area contributed by atoms with Crippen LogP contribution in [0, 0.1) is 13.8 Å². The molecule has 3 aromatic heterocycles. The van der Waals surface area contributed by atoms with E-state index in [2.05, 4.69) is 20.1 Å². The highest BCUT2D eigenvalue weighted by atomic mass is 32.2. The van der Waals surface area contributed by atoms with E-state index in [1.807, 2.05) is 0 Å². The number of imidazole rings is 1. The number of aliphatic hydroxyl groups excluding tert-OH is 1. The minimum Gasteiger partial charge on any atom is -0.506 e. The molecule has 246 valence electrons. The molecule has 0 saturated carbocycles. The Labute approximate surface area is 268 Å². The number of aromatic nitrogens is 3. The predicted octanol–water partition coefficient (Wildman–Crippen LogP) is 3.81. The molecule has 4 N–H and O–H groups in total. The van der Waals surface area contributed by atoms with Gasteiger partial charge in [0.1, 0.15) is 41.1 Å². The molecule has 0 spiro atoms. The second-order valence-corrected chi connectivity index (χ2v) is 12.3. The number of carbonyl (C=O) groups is 1. The molecule has 15 heteroatoms. The summed E-state index contributed by atoms with van der Waals surface area (Å²) in [7, 11) is 1.43. The standard InChI is InChI=1S/C31H36N4O10S/c1-15-7-9-19(34-15)27(38)44-25-23(37)29(45-31(4,5)26(25)40-6)42-20-10-8-18-22(36)21(28(39)43-24(18)16(20)2)17(3)35-41-13-14-46-30-32-11-12-33-30/h7-12,23,25-26,29,34,36-37H,13-14H2,1-6H3,(H,32,33)/b35-17+/t23-,25+,26-,29-/m1/s1. The number of carbonyl (C=O) groups excluding carboxylic acids is 1. The third-order valence-corrected chi connectivity index (χ3v) is 8.38. The van der Waals surface area contributed by atoms with Gasteiger partial charge in [-0.3, -0.25) is 0 Å². The predicted molar refractivity (Wildman–Crippen MR) is 167 cm³/mol. The van der Waals surface area contributed by atoms with Gasteiger partial charge >= 0.3 is 11.6 Å². The Kier molecular flexibility index (Phi) is 9.76. The number of oxime groups is 1. The van der Waals surface area contributed by atoms with Crippen molar-refractivity contribution >= 4 is 34.4 Å². The van der Waals surface area contributed by atoms with Crippen molar-refractivity contribution in [2.45, 2.75) is 70.0 Å². The van der Waals surface area contributed by atoms with E-state index in [0.29, 0.717) is 11.3 Å². The van der Waals surface area contributed by atoms with Gasteiger partial charge in [0.2, 0.25) is 6.29 Å². The molecule has 46 heavy (non-hydrogen) atoms. The molecular formula is C31H36N4O10S. The molecule has 0 aliphatic carbocycles. The molecule has 4 atom stereocenters. The Morgan fingerprint density at radius 3 is 2.67 bits per heavy atom. The first-order chi connectivity index (χ1) is 21.9. The van der Waals surface area contributed by atoms with Crippen molar-refractivity contribution in [3.05, 3.63) is 69.6 Å². The Morgan fingerprint density at radius 2 is 2.00 bits per heavy atom. The third kappa shape index (κ3) is 6.77. The van der Waals surface area contributed by atoms with E-state index in [0.717, 1.165) is 10.9 Å². The number of benzene rings is 1. The molecule has 0 amide bonds. The average molecular weight is 657 g/mol. The van der Waals surface area contributed by atoms with E-state index in [1.54, 1.807) is 58.3 Å². The zero-order valence-corrected chi connectivity index (χ0v) is 27.0. The minimum absolute atomic E-state index is 0.0664. The van der Waals surface area contributed by atoms with Crippen LogP contribution in [0.3, 0.4) is 0 Å². The van der Waals surface area contributed by atoms with Crippen LogP contribution in [-0.2, 0) is 19.0 Å². The van der Waals surface area contributed by atoms with Crippen LogP contribution in [-0.4, -0.2) is 86.5 Å². The summed E-state index contributed by atoms with van der Waals surface area (Å²) in [5.74, 6) is -0.252. The van der Waals surface area contributed by atoms with Crippen LogP contribution in [0.15, 0.2) is 56.2 Å². The van der Waals surface area contributed by atoms with Crippen LogP contribution < -0.4 is 10.4 Å². The molecule has 0 radical (unpaired) electrons. The SMILES string of the molecule is CO[C@@H]1[C@@H](OC(=O)c2ccc(C)[nH]2)[C@@H](O)[C@H](Oc2ccc3c(O)c(/C(C)=N/OCCSc4ncc[nH]4)c(=O)oc3c2C)OC1(C)C. The van der Waals surface area contributed by atoms with Gasteiger partial charge in [-0.2, -0.15) is 0 Å². The number of aromatic hydroxyl groups is 1. The number of thioether (sulfide) groups is 1. The number of aryl methyl sites for hydroxylation is 2. The largest absolute Gasteiger partial charge is 0.506 e. The number of methoxy groups -OCH3 is 1. The van der Waals surface area contributed by atoms with E-state index in [-0.39, 0.29) is 46.0 Å². The summed E-state index contributed by atoms with van der Waals surface area (Å²) in [6.45, 7) is 8.64. The minimum atomic E-state index is -1.47. The monoisotopic (exact) mass is 656 g/mol. The van der Waals surface area contributed by atoms with Gasteiger partial charge in [0.05, 0.1) is 16.7 Å². The topological polar surface area (TPSA) is 191 Å². The molecule has 1 aliphatic heterocycles. The Bertz CT molecular complexity index is 1780. The number of ether oxygens (including phenoxy) is 4. The van der Waals surface area contributed by atoms with Gasteiger partial charge in [0.25, 0.3) is 0 Å². The summed E-state index contributed by atoms with van der Waals surface area (Å²) in [6.07, 6.45) is -1.40. The summed E-state index contributed by atoms with van der Waals surface area (Å²) in [6, 6.07) is 6.37. The van der Waals surface area contributed by atoms with Gasteiger partial charge in [-0.1, -0.05) is 16.9 Å². The Morgan fingerprint density at radius 1 is 1.22 bits per heavy atom. The van der Waals surface area contributed by atoms with Crippen LogP contribution >= 0.6 is 11.8 Å².